The van der Waals surface area contributed by atoms with Gasteiger partial charge in [0, 0.05) is 39.9 Å². The van der Waals surface area contributed by atoms with Gasteiger partial charge in [0.2, 0.25) is 0 Å². The molecule has 0 radical (unpaired) electrons. The Kier molecular flexibility index (Phi) is 11.9. The van der Waals surface area contributed by atoms with E-state index < -0.39 is 0 Å². The Balaban J connectivity index is 0.00000392. The average molecular weight is 523 g/mol. The van der Waals surface area contributed by atoms with Crippen LogP contribution in [-0.2, 0) is 4.74 Å². The summed E-state index contributed by atoms with van der Waals surface area (Å²) in [6, 6.07) is 0. The first-order chi connectivity index (χ1) is 13.1. The van der Waals surface area contributed by atoms with Crippen molar-refractivity contribution in [2.24, 2.45) is 10.4 Å². The quantitative estimate of drug-likeness (QED) is 0.190. The van der Waals surface area contributed by atoms with Gasteiger partial charge in [-0.05, 0) is 38.5 Å². The summed E-state index contributed by atoms with van der Waals surface area (Å²) in [6.45, 7) is 7.49. The SMILES string of the molecule is CCNC(=NCC1(CCOC)CCCC1)NCCNC(=O)c1scnc1C.I. The fraction of sp³-hybridized carbons (Fsp3) is 0.737. The molecule has 1 amide bonds. The van der Waals surface area contributed by atoms with E-state index in [0.717, 1.165) is 37.8 Å². The van der Waals surface area contributed by atoms with Crippen LogP contribution in [0.4, 0.5) is 0 Å². The molecule has 3 N–H and O–H groups in total. The predicted molar refractivity (Wildman–Crippen MR) is 126 cm³/mol. The lowest BCUT2D eigenvalue weighted by Gasteiger charge is -2.27. The third kappa shape index (κ3) is 7.82. The van der Waals surface area contributed by atoms with Crippen molar-refractivity contribution >= 4 is 47.2 Å². The summed E-state index contributed by atoms with van der Waals surface area (Å²) in [5, 5.41) is 9.53. The molecule has 0 aliphatic heterocycles. The van der Waals surface area contributed by atoms with Gasteiger partial charge < -0.3 is 20.7 Å². The van der Waals surface area contributed by atoms with E-state index in [1.165, 1.54) is 37.0 Å². The van der Waals surface area contributed by atoms with Crippen LogP contribution in [0.3, 0.4) is 0 Å². The van der Waals surface area contributed by atoms with Gasteiger partial charge in [0.05, 0.1) is 11.2 Å². The van der Waals surface area contributed by atoms with Gasteiger partial charge in [0.1, 0.15) is 4.88 Å². The number of thiazole rings is 1. The molecule has 1 aliphatic carbocycles. The number of aromatic nitrogens is 1. The Hall–Kier alpha value is -0.940. The Morgan fingerprint density at radius 1 is 1.29 bits per heavy atom. The summed E-state index contributed by atoms with van der Waals surface area (Å²) < 4.78 is 5.30. The van der Waals surface area contributed by atoms with E-state index in [1.807, 2.05) is 6.92 Å². The zero-order valence-electron chi connectivity index (χ0n) is 17.2. The van der Waals surface area contributed by atoms with Gasteiger partial charge >= 0.3 is 0 Å². The molecular weight excluding hydrogens is 489 g/mol. The molecular formula is C19H34IN5O2S. The van der Waals surface area contributed by atoms with Gasteiger partial charge in [-0.3, -0.25) is 9.79 Å². The highest BCUT2D eigenvalue weighted by Crippen LogP contribution is 2.41. The average Bonchev–Trinajstić information content (AvgIpc) is 3.31. The molecule has 0 saturated heterocycles. The van der Waals surface area contributed by atoms with Crippen molar-refractivity contribution in [1.82, 2.24) is 20.9 Å². The van der Waals surface area contributed by atoms with E-state index in [2.05, 4.69) is 27.9 Å². The summed E-state index contributed by atoms with van der Waals surface area (Å²) in [4.78, 5) is 21.7. The topological polar surface area (TPSA) is 87.6 Å². The minimum absolute atomic E-state index is 0. The first kappa shape index (κ1) is 25.1. The molecule has 0 unspecified atom stereocenters. The molecule has 1 aromatic rings. The number of aliphatic imine (C=N–C) groups is 1. The first-order valence-corrected chi connectivity index (χ1v) is 10.7. The van der Waals surface area contributed by atoms with Crippen molar-refractivity contribution in [3.05, 3.63) is 16.1 Å². The van der Waals surface area contributed by atoms with Gasteiger partial charge in [-0.2, -0.15) is 0 Å². The molecule has 0 aromatic carbocycles. The summed E-state index contributed by atoms with van der Waals surface area (Å²) >= 11 is 1.37. The van der Waals surface area contributed by atoms with Crippen LogP contribution in [-0.4, -0.2) is 56.7 Å². The third-order valence-corrected chi connectivity index (χ3v) is 6.00. The molecule has 1 aliphatic rings. The largest absolute Gasteiger partial charge is 0.385 e. The van der Waals surface area contributed by atoms with E-state index in [0.29, 0.717) is 18.0 Å². The fourth-order valence-electron chi connectivity index (χ4n) is 3.48. The van der Waals surface area contributed by atoms with Gasteiger partial charge in [-0.25, -0.2) is 4.98 Å². The summed E-state index contributed by atoms with van der Waals surface area (Å²) in [5.41, 5.74) is 2.75. The Morgan fingerprint density at radius 3 is 2.61 bits per heavy atom. The zero-order valence-corrected chi connectivity index (χ0v) is 20.3. The second kappa shape index (κ2) is 13.3. The Labute approximate surface area is 189 Å². The van der Waals surface area contributed by atoms with Crippen LogP contribution in [0.2, 0.25) is 0 Å². The molecule has 2 rings (SSSR count). The number of carbonyl (C=O) groups is 1. The van der Waals surface area contributed by atoms with Crippen molar-refractivity contribution in [2.75, 3.05) is 39.9 Å². The highest BCUT2D eigenvalue weighted by molar-refractivity contribution is 14.0. The van der Waals surface area contributed by atoms with Crippen LogP contribution in [0.1, 0.15) is 54.4 Å². The molecule has 1 saturated carbocycles. The number of amides is 1. The number of nitrogens with zero attached hydrogens (tertiary/aromatic N) is 2. The molecule has 7 nitrogen and oxygen atoms in total. The van der Waals surface area contributed by atoms with Crippen LogP contribution in [0.25, 0.3) is 0 Å². The number of aryl methyl sites for hydroxylation is 1. The second-order valence-electron chi connectivity index (χ2n) is 7.09. The lowest BCUT2D eigenvalue weighted by molar-refractivity contribution is 0.0957. The van der Waals surface area contributed by atoms with Crippen molar-refractivity contribution in [3.8, 4) is 0 Å². The molecule has 0 atom stereocenters. The van der Waals surface area contributed by atoms with Gasteiger partial charge in [0.15, 0.2) is 5.96 Å². The molecule has 28 heavy (non-hydrogen) atoms. The van der Waals surface area contributed by atoms with Gasteiger partial charge in [0.25, 0.3) is 5.91 Å². The highest BCUT2D eigenvalue weighted by Gasteiger charge is 2.33. The molecule has 9 heteroatoms. The monoisotopic (exact) mass is 523 g/mol. The number of hydrogen-bond acceptors (Lipinski definition) is 5. The number of rotatable bonds is 10. The van der Waals surface area contributed by atoms with Crippen LogP contribution in [0.5, 0.6) is 0 Å². The zero-order chi connectivity index (χ0) is 19.5. The minimum Gasteiger partial charge on any atom is -0.385 e. The summed E-state index contributed by atoms with van der Waals surface area (Å²) in [7, 11) is 1.76. The molecule has 1 aromatic heterocycles. The number of hydrogen-bond donors (Lipinski definition) is 3. The van der Waals surface area contributed by atoms with Gasteiger partial charge in [-0.15, -0.1) is 35.3 Å². The van der Waals surface area contributed by atoms with Crippen LogP contribution >= 0.6 is 35.3 Å². The maximum Gasteiger partial charge on any atom is 0.263 e. The predicted octanol–water partition coefficient (Wildman–Crippen LogP) is 2.95. The van der Waals surface area contributed by atoms with E-state index in [4.69, 9.17) is 9.73 Å². The molecule has 1 fully saturated rings. The lowest BCUT2D eigenvalue weighted by Crippen LogP contribution is -2.42. The smallest absolute Gasteiger partial charge is 0.263 e. The maximum absolute atomic E-state index is 12.1. The van der Waals surface area contributed by atoms with Crippen LogP contribution < -0.4 is 16.0 Å². The van der Waals surface area contributed by atoms with Crippen molar-refractivity contribution in [2.45, 2.75) is 46.0 Å². The molecule has 0 bridgehead atoms. The first-order valence-electron chi connectivity index (χ1n) is 9.79. The third-order valence-electron chi connectivity index (χ3n) is 5.07. The van der Waals surface area contributed by atoms with Crippen molar-refractivity contribution in [3.63, 3.8) is 0 Å². The van der Waals surface area contributed by atoms with Crippen molar-refractivity contribution < 1.29 is 9.53 Å². The van der Waals surface area contributed by atoms with Crippen LogP contribution in [0, 0.1) is 12.3 Å². The van der Waals surface area contributed by atoms with E-state index in [9.17, 15) is 4.79 Å². The highest BCUT2D eigenvalue weighted by atomic mass is 127. The maximum atomic E-state index is 12.1. The summed E-state index contributed by atoms with van der Waals surface area (Å²) in [5.74, 6) is 0.743. The normalized spacial score (nSPS) is 15.8. The Bertz CT molecular complexity index is 617. The van der Waals surface area contributed by atoms with Gasteiger partial charge in [-0.1, -0.05) is 12.8 Å². The number of carbonyl (C=O) groups excluding carboxylic acids is 1. The fourth-order valence-corrected chi connectivity index (χ4v) is 4.19. The van der Waals surface area contributed by atoms with E-state index in [1.54, 1.807) is 12.6 Å². The second-order valence-corrected chi connectivity index (χ2v) is 7.95. The number of guanidine groups is 1. The van der Waals surface area contributed by atoms with Crippen LogP contribution in [0.15, 0.2) is 10.5 Å². The molecule has 0 spiro atoms. The van der Waals surface area contributed by atoms with E-state index in [-0.39, 0.29) is 35.3 Å². The molecule has 1 heterocycles. The van der Waals surface area contributed by atoms with Crippen molar-refractivity contribution in [1.29, 1.82) is 0 Å². The number of halogens is 1. The Morgan fingerprint density at radius 2 is 2.00 bits per heavy atom. The van der Waals surface area contributed by atoms with E-state index >= 15 is 0 Å². The number of ether oxygens (including phenoxy) is 1. The minimum atomic E-state index is -0.0665. The number of methoxy groups -OCH3 is 1. The number of nitrogens with one attached hydrogen (secondary N) is 3. The summed E-state index contributed by atoms with van der Waals surface area (Å²) in [6.07, 6.45) is 6.09. The lowest BCUT2D eigenvalue weighted by atomic mass is 9.83. The standard InChI is InChI=1S/C19H33N5O2S.HI/c1-4-20-18(23-13-19(9-12-26-3)7-5-6-8-19)22-11-10-21-17(25)16-15(2)24-14-27-16;/h14H,4-13H2,1-3H3,(H,21,25)(H2,20,22,23);1H. The molecule has 160 valence electrons.